The molecule has 1 aliphatic carbocycles. The number of nitrogens with zero attached hydrogens (tertiary/aromatic N) is 1. The van der Waals surface area contributed by atoms with E-state index >= 15 is 0 Å². The number of rotatable bonds is 7. The zero-order chi connectivity index (χ0) is 15.9. The summed E-state index contributed by atoms with van der Waals surface area (Å²) in [5, 5.41) is 8.92. The number of fused-ring (bicyclic) bond motifs is 1. The van der Waals surface area contributed by atoms with Gasteiger partial charge in [0.25, 0.3) is 0 Å². The van der Waals surface area contributed by atoms with Gasteiger partial charge >= 0.3 is 0 Å². The maximum absolute atomic E-state index is 12.3. The molecule has 0 aromatic heterocycles. The smallest absolute Gasteiger partial charge is 0.223 e. The van der Waals surface area contributed by atoms with Crippen molar-refractivity contribution in [2.75, 3.05) is 19.7 Å². The van der Waals surface area contributed by atoms with Gasteiger partial charge in [-0.2, -0.15) is 0 Å². The number of Topliss-reactive ketones (excluding diaryl/α,β-unsaturated/α-hetero) is 1. The quantitative estimate of drug-likeness (QED) is 0.787. The Bertz CT molecular complexity index is 539. The fourth-order valence-electron chi connectivity index (χ4n) is 3.01. The van der Waals surface area contributed by atoms with Gasteiger partial charge in [0.1, 0.15) is 0 Å². The van der Waals surface area contributed by atoms with Crippen LogP contribution in [0.15, 0.2) is 18.2 Å². The number of carbonyl (C=O) groups is 2. The van der Waals surface area contributed by atoms with Crippen molar-refractivity contribution in [3.05, 3.63) is 34.9 Å². The Labute approximate surface area is 132 Å². The second-order valence-electron chi connectivity index (χ2n) is 5.81. The Morgan fingerprint density at radius 3 is 2.55 bits per heavy atom. The van der Waals surface area contributed by atoms with E-state index in [4.69, 9.17) is 5.11 Å². The molecule has 1 N–H and O–H groups in total. The van der Waals surface area contributed by atoms with Gasteiger partial charge in [-0.3, -0.25) is 9.59 Å². The van der Waals surface area contributed by atoms with Crippen LogP contribution in [-0.2, 0) is 17.6 Å². The molecule has 0 aliphatic heterocycles. The summed E-state index contributed by atoms with van der Waals surface area (Å²) in [6.45, 7) is 2.73. The number of benzene rings is 1. The van der Waals surface area contributed by atoms with E-state index in [9.17, 15) is 9.59 Å². The largest absolute Gasteiger partial charge is 0.395 e. The highest BCUT2D eigenvalue weighted by atomic mass is 16.3. The number of aryl methyl sites for hydroxylation is 2. The first-order valence-electron chi connectivity index (χ1n) is 8.19. The molecular formula is C18H25NO3. The average molecular weight is 303 g/mol. The van der Waals surface area contributed by atoms with Gasteiger partial charge in [-0.05, 0) is 49.8 Å². The Kier molecular flexibility index (Phi) is 6.13. The molecule has 0 unspecified atom stereocenters. The van der Waals surface area contributed by atoms with Crippen LogP contribution in [0.5, 0.6) is 0 Å². The minimum absolute atomic E-state index is 0.0294. The Morgan fingerprint density at radius 2 is 1.86 bits per heavy atom. The van der Waals surface area contributed by atoms with Crippen LogP contribution in [-0.4, -0.2) is 41.4 Å². The summed E-state index contributed by atoms with van der Waals surface area (Å²) < 4.78 is 0. The molecule has 0 saturated carbocycles. The lowest BCUT2D eigenvalue weighted by Gasteiger charge is -2.19. The van der Waals surface area contributed by atoms with Gasteiger partial charge in [-0.15, -0.1) is 0 Å². The summed E-state index contributed by atoms with van der Waals surface area (Å²) in [6.07, 6.45) is 5.02. The third-order valence-electron chi connectivity index (χ3n) is 4.34. The van der Waals surface area contributed by atoms with E-state index in [-0.39, 0.29) is 31.1 Å². The molecule has 0 atom stereocenters. The van der Waals surface area contributed by atoms with Crippen molar-refractivity contribution in [1.82, 2.24) is 4.90 Å². The minimum atomic E-state index is -0.0668. The van der Waals surface area contributed by atoms with Crippen molar-refractivity contribution in [2.24, 2.45) is 0 Å². The van der Waals surface area contributed by atoms with Gasteiger partial charge in [0.05, 0.1) is 6.61 Å². The van der Waals surface area contributed by atoms with Crippen LogP contribution in [0.3, 0.4) is 0 Å². The van der Waals surface area contributed by atoms with Crippen LogP contribution >= 0.6 is 0 Å². The van der Waals surface area contributed by atoms with Gasteiger partial charge in [0.15, 0.2) is 5.78 Å². The topological polar surface area (TPSA) is 57.6 Å². The molecule has 22 heavy (non-hydrogen) atoms. The molecule has 0 fully saturated rings. The van der Waals surface area contributed by atoms with Crippen molar-refractivity contribution in [1.29, 1.82) is 0 Å². The highest BCUT2D eigenvalue weighted by molar-refractivity contribution is 5.98. The van der Waals surface area contributed by atoms with E-state index in [1.165, 1.54) is 24.0 Å². The molecule has 0 radical (unpaired) electrons. The van der Waals surface area contributed by atoms with Gasteiger partial charge < -0.3 is 10.0 Å². The number of likely N-dealkylation sites (N-methyl/N-ethyl adjacent to an activating group) is 1. The van der Waals surface area contributed by atoms with Crippen LogP contribution < -0.4 is 0 Å². The first-order valence-corrected chi connectivity index (χ1v) is 8.19. The minimum Gasteiger partial charge on any atom is -0.395 e. The molecule has 0 bridgehead atoms. The van der Waals surface area contributed by atoms with Gasteiger partial charge in [0.2, 0.25) is 5.91 Å². The summed E-state index contributed by atoms with van der Waals surface area (Å²) in [7, 11) is 0. The normalized spacial score (nSPS) is 13.5. The second kappa shape index (κ2) is 8.08. The molecule has 2 rings (SSSR count). The zero-order valence-electron chi connectivity index (χ0n) is 13.3. The Morgan fingerprint density at radius 1 is 1.14 bits per heavy atom. The molecule has 0 heterocycles. The predicted molar refractivity (Wildman–Crippen MR) is 86.0 cm³/mol. The standard InChI is InChI=1S/C18H25NO3/c1-2-19(11-12-20)18(22)10-9-17(21)16-8-7-14-5-3-4-6-15(14)13-16/h7-8,13,20H,2-6,9-12H2,1H3. The highest BCUT2D eigenvalue weighted by Crippen LogP contribution is 2.23. The summed E-state index contributed by atoms with van der Waals surface area (Å²) in [6, 6.07) is 5.96. The number of aliphatic hydroxyl groups is 1. The first-order chi connectivity index (χ1) is 10.7. The number of hydrogen-bond acceptors (Lipinski definition) is 3. The molecule has 4 nitrogen and oxygen atoms in total. The van der Waals surface area contributed by atoms with Gasteiger partial charge in [0, 0.05) is 31.5 Å². The van der Waals surface area contributed by atoms with Crippen molar-refractivity contribution < 1.29 is 14.7 Å². The monoisotopic (exact) mass is 303 g/mol. The number of amides is 1. The summed E-state index contributed by atoms with van der Waals surface area (Å²) in [4.78, 5) is 25.9. The maximum Gasteiger partial charge on any atom is 0.223 e. The van der Waals surface area contributed by atoms with Crippen molar-refractivity contribution in [2.45, 2.75) is 45.4 Å². The Balaban J connectivity index is 1.93. The molecule has 0 saturated heterocycles. The Hall–Kier alpha value is -1.68. The van der Waals surface area contributed by atoms with Crippen molar-refractivity contribution >= 4 is 11.7 Å². The maximum atomic E-state index is 12.3. The van der Waals surface area contributed by atoms with Crippen molar-refractivity contribution in [3.63, 3.8) is 0 Å². The summed E-state index contributed by atoms with van der Waals surface area (Å²) in [5.41, 5.74) is 3.37. The van der Waals surface area contributed by atoms with Crippen LogP contribution in [0, 0.1) is 0 Å². The number of ketones is 1. The van der Waals surface area contributed by atoms with Crippen LogP contribution in [0.25, 0.3) is 0 Å². The van der Waals surface area contributed by atoms with Crippen LogP contribution in [0.1, 0.15) is 54.1 Å². The van der Waals surface area contributed by atoms with E-state index in [0.717, 1.165) is 18.4 Å². The second-order valence-corrected chi connectivity index (χ2v) is 5.81. The third kappa shape index (κ3) is 4.17. The molecule has 1 aromatic carbocycles. The lowest BCUT2D eigenvalue weighted by molar-refractivity contribution is -0.131. The SMILES string of the molecule is CCN(CCO)C(=O)CCC(=O)c1ccc2c(c1)CCCC2. The number of carbonyl (C=O) groups excluding carboxylic acids is 2. The van der Waals surface area contributed by atoms with Crippen LogP contribution in [0.4, 0.5) is 0 Å². The predicted octanol–water partition coefficient (Wildman–Crippen LogP) is 2.37. The fourth-order valence-corrected chi connectivity index (χ4v) is 3.01. The molecule has 120 valence electrons. The highest BCUT2D eigenvalue weighted by Gasteiger charge is 2.16. The zero-order valence-corrected chi connectivity index (χ0v) is 13.3. The van der Waals surface area contributed by atoms with E-state index in [2.05, 4.69) is 6.07 Å². The average Bonchev–Trinajstić information content (AvgIpc) is 2.56. The van der Waals surface area contributed by atoms with Crippen LogP contribution in [0.2, 0.25) is 0 Å². The molecule has 1 aromatic rings. The molecular weight excluding hydrogens is 278 g/mol. The summed E-state index contributed by atoms with van der Waals surface area (Å²) in [5.74, 6) is -0.0374. The number of hydrogen-bond donors (Lipinski definition) is 1. The lowest BCUT2D eigenvalue weighted by Crippen LogP contribution is -2.33. The summed E-state index contributed by atoms with van der Waals surface area (Å²) >= 11 is 0. The molecule has 1 amide bonds. The van der Waals surface area contributed by atoms with Gasteiger partial charge in [-0.1, -0.05) is 12.1 Å². The van der Waals surface area contributed by atoms with E-state index in [1.807, 2.05) is 19.1 Å². The third-order valence-corrected chi connectivity index (χ3v) is 4.34. The first kappa shape index (κ1) is 16.7. The van der Waals surface area contributed by atoms with E-state index in [1.54, 1.807) is 4.90 Å². The molecule has 4 heteroatoms. The lowest BCUT2D eigenvalue weighted by atomic mass is 9.89. The van der Waals surface area contributed by atoms with E-state index < -0.39 is 0 Å². The fraction of sp³-hybridized carbons (Fsp3) is 0.556. The van der Waals surface area contributed by atoms with E-state index in [0.29, 0.717) is 13.1 Å². The number of aliphatic hydroxyl groups excluding tert-OH is 1. The van der Waals surface area contributed by atoms with Crippen molar-refractivity contribution in [3.8, 4) is 0 Å². The molecule has 1 aliphatic rings. The van der Waals surface area contributed by atoms with Gasteiger partial charge in [-0.25, -0.2) is 0 Å². The molecule has 0 spiro atoms.